The zero-order valence-corrected chi connectivity index (χ0v) is 17.8. The van der Waals surface area contributed by atoms with Gasteiger partial charge in [0.25, 0.3) is 0 Å². The number of hydrogen-bond donors (Lipinski definition) is 2. The van der Waals surface area contributed by atoms with Crippen LogP contribution in [0.15, 0.2) is 24.5 Å². The molecule has 3 rings (SSSR count). The number of amides is 2. The number of anilines is 1. The molecule has 156 valence electrons. The molecule has 1 aliphatic heterocycles. The molecule has 29 heavy (non-hydrogen) atoms. The van der Waals surface area contributed by atoms with Crippen molar-refractivity contribution in [1.82, 2.24) is 20.0 Å². The van der Waals surface area contributed by atoms with Gasteiger partial charge in [0.15, 0.2) is 0 Å². The van der Waals surface area contributed by atoms with Crippen molar-refractivity contribution < 1.29 is 9.59 Å². The van der Waals surface area contributed by atoms with Gasteiger partial charge >= 0.3 is 0 Å². The maximum absolute atomic E-state index is 12.3. The Bertz CT molecular complexity index is 866. The van der Waals surface area contributed by atoms with Gasteiger partial charge in [0.2, 0.25) is 11.8 Å². The van der Waals surface area contributed by atoms with Crippen LogP contribution in [0.4, 0.5) is 5.69 Å². The van der Waals surface area contributed by atoms with Crippen LogP contribution in [-0.2, 0) is 23.1 Å². The molecule has 0 bridgehead atoms. The molecule has 0 saturated carbocycles. The lowest BCUT2D eigenvalue weighted by molar-refractivity contribution is -0.124. The Kier molecular flexibility index (Phi) is 6.69. The van der Waals surface area contributed by atoms with E-state index in [0.29, 0.717) is 12.5 Å². The zero-order chi connectivity index (χ0) is 21.0. The highest BCUT2D eigenvalue weighted by atomic mass is 16.2. The summed E-state index contributed by atoms with van der Waals surface area (Å²) < 4.78 is 1.82. The van der Waals surface area contributed by atoms with Crippen molar-refractivity contribution in [2.24, 2.45) is 13.0 Å². The Morgan fingerprint density at radius 3 is 2.55 bits per heavy atom. The third-order valence-corrected chi connectivity index (χ3v) is 5.41. The first-order chi connectivity index (χ1) is 13.8. The number of nitrogens with one attached hydrogen (secondary N) is 2. The van der Waals surface area contributed by atoms with Crippen molar-refractivity contribution in [1.29, 1.82) is 0 Å². The molecule has 1 aromatic heterocycles. The second-order valence-electron chi connectivity index (χ2n) is 8.21. The number of carbonyl (C=O) groups excluding carboxylic acids is 2. The van der Waals surface area contributed by atoms with Crippen LogP contribution >= 0.6 is 0 Å². The van der Waals surface area contributed by atoms with Gasteiger partial charge in [0.1, 0.15) is 0 Å². The Labute approximate surface area is 172 Å². The minimum absolute atomic E-state index is 0.0153. The van der Waals surface area contributed by atoms with Crippen LogP contribution in [0.2, 0.25) is 0 Å². The van der Waals surface area contributed by atoms with Crippen molar-refractivity contribution in [3.05, 3.63) is 46.8 Å². The second-order valence-corrected chi connectivity index (χ2v) is 8.21. The summed E-state index contributed by atoms with van der Waals surface area (Å²) in [4.78, 5) is 26.7. The van der Waals surface area contributed by atoms with E-state index in [0.717, 1.165) is 42.7 Å². The Balaban J connectivity index is 1.40. The first-order valence-electron chi connectivity index (χ1n) is 10.1. The molecule has 0 radical (unpaired) electrons. The molecule has 0 unspecified atom stereocenters. The minimum atomic E-state index is -0.204. The van der Waals surface area contributed by atoms with Gasteiger partial charge in [-0.25, -0.2) is 0 Å². The predicted molar refractivity (Wildman–Crippen MR) is 114 cm³/mol. The van der Waals surface area contributed by atoms with Gasteiger partial charge in [0, 0.05) is 25.5 Å². The van der Waals surface area contributed by atoms with Gasteiger partial charge in [-0.2, -0.15) is 5.10 Å². The quantitative estimate of drug-likeness (QED) is 0.749. The van der Waals surface area contributed by atoms with Crippen molar-refractivity contribution in [3.8, 4) is 0 Å². The highest BCUT2D eigenvalue weighted by Crippen LogP contribution is 2.22. The van der Waals surface area contributed by atoms with Gasteiger partial charge in [0.05, 0.1) is 19.3 Å². The number of hydrogen-bond acceptors (Lipinski definition) is 4. The predicted octanol–water partition coefficient (Wildman–Crippen LogP) is 1.96. The van der Waals surface area contributed by atoms with Crippen LogP contribution in [0.1, 0.15) is 28.7 Å². The number of likely N-dealkylation sites (tertiary alicyclic amines) is 1. The topological polar surface area (TPSA) is 79.3 Å². The number of aryl methyl sites for hydroxylation is 4. The van der Waals surface area contributed by atoms with E-state index in [9.17, 15) is 9.59 Å². The molecule has 1 aliphatic rings. The minimum Gasteiger partial charge on any atom is -0.346 e. The summed E-state index contributed by atoms with van der Waals surface area (Å²) in [5.74, 6) is 0.228. The maximum atomic E-state index is 12.3. The molecule has 2 heterocycles. The van der Waals surface area contributed by atoms with E-state index in [1.165, 1.54) is 11.1 Å². The molecule has 2 N–H and O–H groups in total. The Morgan fingerprint density at radius 1 is 1.17 bits per heavy atom. The SMILES string of the molecule is Cc1cc(C)c(NC(=O)CNC(=O)CN2CC[C@@H](Cc3cnn(C)c3)C2)c(C)c1. The van der Waals surface area contributed by atoms with E-state index >= 15 is 0 Å². The van der Waals surface area contributed by atoms with Crippen LogP contribution in [0, 0.1) is 26.7 Å². The maximum Gasteiger partial charge on any atom is 0.243 e. The molecule has 1 aromatic carbocycles. The summed E-state index contributed by atoms with van der Waals surface area (Å²) in [7, 11) is 1.92. The summed E-state index contributed by atoms with van der Waals surface area (Å²) in [5, 5.41) is 9.87. The van der Waals surface area contributed by atoms with E-state index in [2.05, 4.69) is 20.6 Å². The average Bonchev–Trinajstić information content (AvgIpc) is 3.25. The fourth-order valence-electron chi connectivity index (χ4n) is 4.13. The van der Waals surface area contributed by atoms with Gasteiger partial charge in [-0.1, -0.05) is 17.7 Å². The summed E-state index contributed by atoms with van der Waals surface area (Å²) in [6.07, 6.45) is 6.02. The summed E-state index contributed by atoms with van der Waals surface area (Å²) >= 11 is 0. The average molecular weight is 398 g/mol. The van der Waals surface area contributed by atoms with Crippen LogP contribution in [-0.4, -0.2) is 52.7 Å². The van der Waals surface area contributed by atoms with E-state index in [1.54, 1.807) is 0 Å². The molecule has 1 fully saturated rings. The number of rotatable bonds is 7. The summed E-state index contributed by atoms with van der Waals surface area (Å²) in [6.45, 7) is 8.11. The molecule has 2 amide bonds. The lowest BCUT2D eigenvalue weighted by Gasteiger charge is -2.16. The molecular formula is C22H31N5O2. The molecule has 1 atom stereocenters. The second kappa shape index (κ2) is 9.22. The third kappa shape index (κ3) is 5.90. The van der Waals surface area contributed by atoms with Crippen molar-refractivity contribution >= 4 is 17.5 Å². The molecule has 0 spiro atoms. The molecular weight excluding hydrogens is 366 g/mol. The van der Waals surface area contributed by atoms with Crippen LogP contribution in [0.5, 0.6) is 0 Å². The smallest absolute Gasteiger partial charge is 0.243 e. The molecule has 2 aromatic rings. The van der Waals surface area contributed by atoms with Crippen LogP contribution < -0.4 is 10.6 Å². The van der Waals surface area contributed by atoms with E-state index < -0.39 is 0 Å². The number of nitrogens with zero attached hydrogens (tertiary/aromatic N) is 3. The van der Waals surface area contributed by atoms with E-state index in [1.807, 2.05) is 57.0 Å². The molecule has 7 nitrogen and oxygen atoms in total. The molecule has 0 aliphatic carbocycles. The van der Waals surface area contributed by atoms with Crippen LogP contribution in [0.3, 0.4) is 0 Å². The van der Waals surface area contributed by atoms with Gasteiger partial charge in [-0.3, -0.25) is 19.2 Å². The van der Waals surface area contributed by atoms with Crippen molar-refractivity contribution in [3.63, 3.8) is 0 Å². The first-order valence-corrected chi connectivity index (χ1v) is 10.1. The first kappa shape index (κ1) is 21.0. The summed E-state index contributed by atoms with van der Waals surface area (Å²) in [6, 6.07) is 4.08. The fourth-order valence-corrected chi connectivity index (χ4v) is 4.13. The number of aromatic nitrogens is 2. The third-order valence-electron chi connectivity index (χ3n) is 5.41. The van der Waals surface area contributed by atoms with E-state index in [-0.39, 0.29) is 18.4 Å². The normalized spacial score (nSPS) is 16.8. The number of benzene rings is 1. The van der Waals surface area contributed by atoms with Gasteiger partial charge in [-0.05, 0) is 62.8 Å². The zero-order valence-electron chi connectivity index (χ0n) is 17.8. The summed E-state index contributed by atoms with van der Waals surface area (Å²) in [5.41, 5.74) is 5.28. The van der Waals surface area contributed by atoms with Crippen molar-refractivity contribution in [2.45, 2.75) is 33.6 Å². The monoisotopic (exact) mass is 397 g/mol. The molecule has 7 heteroatoms. The fraction of sp³-hybridized carbons (Fsp3) is 0.500. The lowest BCUT2D eigenvalue weighted by Crippen LogP contribution is -2.39. The highest BCUT2D eigenvalue weighted by molar-refractivity contribution is 5.96. The highest BCUT2D eigenvalue weighted by Gasteiger charge is 2.24. The largest absolute Gasteiger partial charge is 0.346 e. The van der Waals surface area contributed by atoms with Gasteiger partial charge < -0.3 is 10.6 Å². The number of carbonyl (C=O) groups is 2. The van der Waals surface area contributed by atoms with Crippen LogP contribution in [0.25, 0.3) is 0 Å². The Hall–Kier alpha value is -2.67. The van der Waals surface area contributed by atoms with Crippen molar-refractivity contribution in [2.75, 3.05) is 31.5 Å². The van der Waals surface area contributed by atoms with Gasteiger partial charge in [-0.15, -0.1) is 0 Å². The van der Waals surface area contributed by atoms with E-state index in [4.69, 9.17) is 0 Å². The standard InChI is InChI=1S/C22H31N5O2/c1-15-7-16(2)22(17(3)8-15)25-20(28)11-23-21(29)14-27-6-5-18(13-27)9-19-10-24-26(4)12-19/h7-8,10,12,18H,5-6,9,11,13-14H2,1-4H3,(H,23,29)(H,25,28)/t18-/m0/s1. The molecule has 1 saturated heterocycles. The Morgan fingerprint density at radius 2 is 1.90 bits per heavy atom. The lowest BCUT2D eigenvalue weighted by atomic mass is 10.0.